The Balaban J connectivity index is 2.41. The van der Waals surface area contributed by atoms with E-state index in [0.29, 0.717) is 6.04 Å². The second-order valence-corrected chi connectivity index (χ2v) is 5.49. The summed E-state index contributed by atoms with van der Waals surface area (Å²) in [7, 11) is 4.24. The largest absolute Gasteiger partial charge is 0.311 e. The Hall–Kier alpha value is -0.980. The van der Waals surface area contributed by atoms with E-state index in [0.717, 1.165) is 45.0 Å². The van der Waals surface area contributed by atoms with Gasteiger partial charge in [-0.15, -0.1) is 5.10 Å². The van der Waals surface area contributed by atoms with Crippen LogP contribution in [0, 0.1) is 0 Å². The Morgan fingerprint density at radius 2 is 2.10 bits per heavy atom. The second-order valence-electron chi connectivity index (χ2n) is 5.49. The summed E-state index contributed by atoms with van der Waals surface area (Å²) in [5.74, 6) is 0. The minimum atomic E-state index is 0.555. The molecule has 1 heterocycles. The number of hydrogen-bond acceptors (Lipinski definition) is 5. The highest BCUT2D eigenvalue weighted by molar-refractivity contribution is 4.91. The van der Waals surface area contributed by atoms with E-state index in [9.17, 15) is 0 Å². The maximum absolute atomic E-state index is 4.19. The second kappa shape index (κ2) is 9.05. The van der Waals surface area contributed by atoms with Crippen molar-refractivity contribution in [2.75, 3.05) is 40.3 Å². The molecule has 0 saturated carbocycles. The van der Waals surface area contributed by atoms with Crippen molar-refractivity contribution in [3.63, 3.8) is 0 Å². The summed E-state index contributed by atoms with van der Waals surface area (Å²) in [6.45, 7) is 12.4. The van der Waals surface area contributed by atoms with Crippen LogP contribution in [-0.4, -0.2) is 71.1 Å². The number of hydrogen-bond donors (Lipinski definition) is 1. The molecule has 0 spiro atoms. The highest BCUT2D eigenvalue weighted by Gasteiger charge is 2.13. The maximum Gasteiger partial charge on any atom is 0.0964 e. The number of nitrogens with zero attached hydrogens (tertiary/aromatic N) is 5. The van der Waals surface area contributed by atoms with E-state index in [2.05, 4.69) is 60.3 Å². The molecule has 0 radical (unpaired) electrons. The summed E-state index contributed by atoms with van der Waals surface area (Å²) in [5, 5.41) is 11.6. The highest BCUT2D eigenvalue weighted by Crippen LogP contribution is 2.01. The van der Waals surface area contributed by atoms with Crippen LogP contribution in [0.3, 0.4) is 0 Å². The minimum absolute atomic E-state index is 0.555. The molecule has 6 heteroatoms. The minimum Gasteiger partial charge on any atom is -0.311 e. The lowest BCUT2D eigenvalue weighted by atomic mass is 10.2. The highest BCUT2D eigenvalue weighted by atomic mass is 15.4. The Kier molecular flexibility index (Phi) is 7.72. The number of likely N-dealkylation sites (N-methyl/N-ethyl adjacent to an activating group) is 2. The maximum atomic E-state index is 4.19. The average molecular weight is 282 g/mol. The molecule has 1 aromatic rings. The smallest absolute Gasteiger partial charge is 0.0964 e. The lowest BCUT2D eigenvalue weighted by Gasteiger charge is -2.29. The first-order valence-electron chi connectivity index (χ1n) is 7.55. The molecule has 1 atom stereocenters. The van der Waals surface area contributed by atoms with E-state index in [-0.39, 0.29) is 0 Å². The van der Waals surface area contributed by atoms with E-state index < -0.39 is 0 Å². The Morgan fingerprint density at radius 1 is 1.35 bits per heavy atom. The molecule has 0 aliphatic rings. The molecule has 0 aliphatic carbocycles. The number of nitrogens with one attached hydrogen (secondary N) is 1. The lowest BCUT2D eigenvalue weighted by molar-refractivity contribution is 0.173. The van der Waals surface area contributed by atoms with Gasteiger partial charge in [-0.25, -0.2) is 0 Å². The van der Waals surface area contributed by atoms with Crippen LogP contribution >= 0.6 is 0 Å². The Labute approximate surface area is 123 Å². The van der Waals surface area contributed by atoms with Gasteiger partial charge in [-0.2, -0.15) is 0 Å². The van der Waals surface area contributed by atoms with Gasteiger partial charge in [-0.3, -0.25) is 9.58 Å². The Bertz CT molecular complexity index is 362. The lowest BCUT2D eigenvalue weighted by Crippen LogP contribution is -2.41. The van der Waals surface area contributed by atoms with Gasteiger partial charge in [-0.05, 0) is 34.1 Å². The van der Waals surface area contributed by atoms with E-state index in [4.69, 9.17) is 0 Å². The standard InChI is InChI=1S/C14H30N6/c1-6-15-10-14-12-20(17-16-14)9-8-19(7-2)13(3)11-18(4)5/h12-13,15H,6-11H2,1-5H3. The summed E-state index contributed by atoms with van der Waals surface area (Å²) in [6, 6.07) is 0.555. The zero-order valence-electron chi connectivity index (χ0n) is 13.6. The van der Waals surface area contributed by atoms with Crippen LogP contribution in [0.2, 0.25) is 0 Å². The molecule has 0 amide bonds. The van der Waals surface area contributed by atoms with E-state index in [1.165, 1.54) is 0 Å². The van der Waals surface area contributed by atoms with Crippen molar-refractivity contribution >= 4 is 0 Å². The fraction of sp³-hybridized carbons (Fsp3) is 0.857. The third-order valence-electron chi connectivity index (χ3n) is 3.42. The van der Waals surface area contributed by atoms with Gasteiger partial charge in [0.1, 0.15) is 0 Å². The van der Waals surface area contributed by atoms with Gasteiger partial charge in [0.15, 0.2) is 0 Å². The molecule has 1 aromatic heterocycles. The first-order valence-corrected chi connectivity index (χ1v) is 7.55. The van der Waals surface area contributed by atoms with Crippen molar-refractivity contribution in [2.24, 2.45) is 0 Å². The van der Waals surface area contributed by atoms with Crippen LogP contribution in [0.1, 0.15) is 26.5 Å². The summed E-state index contributed by atoms with van der Waals surface area (Å²) in [5.41, 5.74) is 1.01. The fourth-order valence-electron chi connectivity index (χ4n) is 2.35. The summed E-state index contributed by atoms with van der Waals surface area (Å²) in [6.07, 6.45) is 2.03. The molecular weight excluding hydrogens is 252 g/mol. The predicted octanol–water partition coefficient (Wildman–Crippen LogP) is 0.660. The van der Waals surface area contributed by atoms with Gasteiger partial charge in [0.25, 0.3) is 0 Å². The van der Waals surface area contributed by atoms with Crippen molar-refractivity contribution in [1.29, 1.82) is 0 Å². The van der Waals surface area contributed by atoms with Crippen LogP contribution in [0.4, 0.5) is 0 Å². The van der Waals surface area contributed by atoms with Crippen LogP contribution in [0.25, 0.3) is 0 Å². The molecular formula is C14H30N6. The molecule has 1 rings (SSSR count). The molecule has 0 aromatic carbocycles. The first kappa shape index (κ1) is 17.1. The zero-order valence-corrected chi connectivity index (χ0v) is 13.6. The molecule has 0 saturated heterocycles. The van der Waals surface area contributed by atoms with Gasteiger partial charge in [-0.1, -0.05) is 19.1 Å². The quantitative estimate of drug-likeness (QED) is 0.683. The normalized spacial score (nSPS) is 13.3. The van der Waals surface area contributed by atoms with E-state index >= 15 is 0 Å². The van der Waals surface area contributed by atoms with Gasteiger partial charge < -0.3 is 10.2 Å². The predicted molar refractivity (Wildman–Crippen MR) is 82.7 cm³/mol. The summed E-state index contributed by atoms with van der Waals surface area (Å²) >= 11 is 0. The molecule has 0 bridgehead atoms. The van der Waals surface area contributed by atoms with Gasteiger partial charge >= 0.3 is 0 Å². The summed E-state index contributed by atoms with van der Waals surface area (Å²) < 4.78 is 1.94. The topological polar surface area (TPSA) is 49.2 Å². The summed E-state index contributed by atoms with van der Waals surface area (Å²) in [4.78, 5) is 4.71. The van der Waals surface area contributed by atoms with Crippen LogP contribution in [0.5, 0.6) is 0 Å². The van der Waals surface area contributed by atoms with Crippen LogP contribution < -0.4 is 5.32 Å². The van der Waals surface area contributed by atoms with Crippen LogP contribution in [-0.2, 0) is 13.1 Å². The van der Waals surface area contributed by atoms with Crippen LogP contribution in [0.15, 0.2) is 6.20 Å². The molecule has 1 N–H and O–H groups in total. The van der Waals surface area contributed by atoms with E-state index in [1.807, 2.05) is 10.9 Å². The van der Waals surface area contributed by atoms with Crippen molar-refractivity contribution in [1.82, 2.24) is 30.1 Å². The fourth-order valence-corrected chi connectivity index (χ4v) is 2.35. The molecule has 116 valence electrons. The van der Waals surface area contributed by atoms with Gasteiger partial charge in [0.2, 0.25) is 0 Å². The zero-order chi connectivity index (χ0) is 15.0. The average Bonchev–Trinajstić information content (AvgIpc) is 2.84. The monoisotopic (exact) mass is 282 g/mol. The number of rotatable bonds is 10. The molecule has 6 nitrogen and oxygen atoms in total. The Morgan fingerprint density at radius 3 is 2.70 bits per heavy atom. The number of aromatic nitrogens is 3. The third-order valence-corrected chi connectivity index (χ3v) is 3.42. The third kappa shape index (κ3) is 5.98. The van der Waals surface area contributed by atoms with Crippen molar-refractivity contribution in [3.05, 3.63) is 11.9 Å². The molecule has 1 unspecified atom stereocenters. The van der Waals surface area contributed by atoms with Crippen molar-refractivity contribution < 1.29 is 0 Å². The van der Waals surface area contributed by atoms with Crippen molar-refractivity contribution in [3.8, 4) is 0 Å². The van der Waals surface area contributed by atoms with Gasteiger partial charge in [0, 0.05) is 31.9 Å². The van der Waals surface area contributed by atoms with E-state index in [1.54, 1.807) is 0 Å². The first-order chi connectivity index (χ1) is 9.56. The SMILES string of the molecule is CCNCc1cn(CCN(CC)C(C)CN(C)C)nn1. The molecule has 0 aliphatic heterocycles. The van der Waals surface area contributed by atoms with Crippen molar-refractivity contribution in [2.45, 2.75) is 39.9 Å². The van der Waals surface area contributed by atoms with Gasteiger partial charge in [0.05, 0.1) is 12.2 Å². The molecule has 20 heavy (non-hydrogen) atoms. The molecule has 0 fully saturated rings.